The van der Waals surface area contributed by atoms with Gasteiger partial charge in [0, 0.05) is 0 Å². The molecule has 0 amide bonds. The zero-order chi connectivity index (χ0) is 21.5. The van der Waals surface area contributed by atoms with E-state index in [1.54, 1.807) is 24.3 Å². The van der Waals surface area contributed by atoms with Crippen molar-refractivity contribution in [1.29, 1.82) is 0 Å². The standard InChI is InChI=1S/C20H28N2O4S2/c1-19(2,3)17-11-14(9-10-18(17)28(22,25)26)13-20(4,5)15-7-6-8-16(12-15)27(21,23)24/h6-12H,13H2,1-5H3,(H2,21,23,24)(H2,22,25,26). The molecule has 2 aromatic carbocycles. The lowest BCUT2D eigenvalue weighted by atomic mass is 9.78. The molecule has 6 nitrogen and oxygen atoms in total. The molecule has 0 atom stereocenters. The van der Waals surface area contributed by atoms with Gasteiger partial charge in [0.25, 0.3) is 0 Å². The third-order valence-corrected chi connectivity index (χ3v) is 6.63. The van der Waals surface area contributed by atoms with Gasteiger partial charge >= 0.3 is 0 Å². The largest absolute Gasteiger partial charge is 0.238 e. The molecule has 0 unspecified atom stereocenters. The van der Waals surface area contributed by atoms with Crippen molar-refractivity contribution in [3.63, 3.8) is 0 Å². The van der Waals surface area contributed by atoms with Crippen molar-refractivity contribution >= 4 is 20.0 Å². The van der Waals surface area contributed by atoms with E-state index in [0.717, 1.165) is 11.1 Å². The smallest absolute Gasteiger partial charge is 0.225 e. The van der Waals surface area contributed by atoms with Crippen molar-refractivity contribution in [2.24, 2.45) is 10.3 Å². The predicted molar refractivity (Wildman–Crippen MR) is 111 cm³/mol. The third-order valence-electron chi connectivity index (χ3n) is 4.75. The monoisotopic (exact) mass is 424 g/mol. The lowest BCUT2D eigenvalue weighted by Gasteiger charge is -2.28. The number of rotatable bonds is 5. The van der Waals surface area contributed by atoms with Crippen molar-refractivity contribution in [2.45, 2.75) is 61.7 Å². The van der Waals surface area contributed by atoms with Gasteiger partial charge in [-0.05, 0) is 52.1 Å². The molecule has 0 bridgehead atoms. The molecule has 2 rings (SSSR count). The molecule has 0 heterocycles. The summed E-state index contributed by atoms with van der Waals surface area (Å²) in [7, 11) is -7.62. The highest BCUT2D eigenvalue weighted by atomic mass is 32.2. The molecule has 0 saturated heterocycles. The summed E-state index contributed by atoms with van der Waals surface area (Å²) in [5.41, 5.74) is 1.60. The van der Waals surface area contributed by atoms with Crippen molar-refractivity contribution in [3.05, 3.63) is 59.2 Å². The van der Waals surface area contributed by atoms with E-state index in [9.17, 15) is 16.8 Å². The van der Waals surface area contributed by atoms with E-state index in [4.69, 9.17) is 10.3 Å². The summed E-state index contributed by atoms with van der Waals surface area (Å²) in [4.78, 5) is 0.191. The Kier molecular flexibility index (Phi) is 5.84. The van der Waals surface area contributed by atoms with Crippen molar-refractivity contribution in [3.8, 4) is 0 Å². The Labute approximate surface area is 168 Å². The molecule has 154 valence electrons. The van der Waals surface area contributed by atoms with Gasteiger partial charge in [-0.1, -0.05) is 58.9 Å². The SMILES string of the molecule is CC(C)(C)c1cc(CC(C)(C)c2cccc(S(N)(=O)=O)c2)ccc1S(N)(=O)=O. The van der Waals surface area contributed by atoms with Crippen LogP contribution < -0.4 is 10.3 Å². The molecule has 0 aliphatic carbocycles. The van der Waals surface area contributed by atoms with E-state index in [2.05, 4.69) is 0 Å². The molecule has 0 saturated carbocycles. The van der Waals surface area contributed by atoms with E-state index in [-0.39, 0.29) is 9.79 Å². The maximum Gasteiger partial charge on any atom is 0.238 e. The minimum absolute atomic E-state index is 0.0676. The van der Waals surface area contributed by atoms with Crippen LogP contribution in [0.2, 0.25) is 0 Å². The summed E-state index contributed by atoms with van der Waals surface area (Å²) < 4.78 is 47.2. The van der Waals surface area contributed by atoms with Crippen LogP contribution in [0.4, 0.5) is 0 Å². The Balaban J connectivity index is 2.50. The Morgan fingerprint density at radius 1 is 0.821 bits per heavy atom. The minimum Gasteiger partial charge on any atom is -0.225 e. The van der Waals surface area contributed by atoms with Gasteiger partial charge in [0.2, 0.25) is 20.0 Å². The van der Waals surface area contributed by atoms with Crippen LogP contribution >= 0.6 is 0 Å². The minimum atomic E-state index is -3.83. The molecule has 8 heteroatoms. The molecule has 0 fully saturated rings. The van der Waals surface area contributed by atoms with Crippen molar-refractivity contribution < 1.29 is 16.8 Å². The predicted octanol–water partition coefficient (Wildman–Crippen LogP) is 2.80. The van der Waals surface area contributed by atoms with Gasteiger partial charge in [0.15, 0.2) is 0 Å². The van der Waals surface area contributed by atoms with Crippen LogP contribution in [0.5, 0.6) is 0 Å². The lowest BCUT2D eigenvalue weighted by Crippen LogP contribution is -2.24. The number of primary sulfonamides is 2. The summed E-state index contributed by atoms with van der Waals surface area (Å²) in [6.45, 7) is 9.80. The van der Waals surface area contributed by atoms with Crippen LogP contribution in [0.1, 0.15) is 51.3 Å². The van der Waals surface area contributed by atoms with Crippen LogP contribution in [0.15, 0.2) is 52.3 Å². The zero-order valence-corrected chi connectivity index (χ0v) is 18.5. The van der Waals surface area contributed by atoms with Crippen LogP contribution in [0.25, 0.3) is 0 Å². The normalized spacial score (nSPS) is 13.5. The summed E-state index contributed by atoms with van der Waals surface area (Å²) in [6.07, 6.45) is 0.578. The van der Waals surface area contributed by atoms with Crippen LogP contribution in [0.3, 0.4) is 0 Å². The second kappa shape index (κ2) is 7.26. The first-order valence-electron chi connectivity index (χ1n) is 8.81. The number of hydrogen-bond acceptors (Lipinski definition) is 4. The summed E-state index contributed by atoms with van der Waals surface area (Å²) in [5, 5.41) is 10.6. The maximum absolute atomic E-state index is 12.0. The van der Waals surface area contributed by atoms with Crippen LogP contribution in [-0.2, 0) is 37.3 Å². The summed E-state index contributed by atoms with van der Waals surface area (Å²) >= 11 is 0. The van der Waals surface area contributed by atoms with Gasteiger partial charge in [0.05, 0.1) is 9.79 Å². The molecule has 0 radical (unpaired) electrons. The van der Waals surface area contributed by atoms with Crippen molar-refractivity contribution in [2.75, 3.05) is 0 Å². The van der Waals surface area contributed by atoms with E-state index in [1.165, 1.54) is 6.07 Å². The highest BCUT2D eigenvalue weighted by Gasteiger charge is 2.27. The van der Waals surface area contributed by atoms with E-state index in [1.807, 2.05) is 46.8 Å². The van der Waals surface area contributed by atoms with Crippen molar-refractivity contribution in [1.82, 2.24) is 0 Å². The Morgan fingerprint density at radius 3 is 1.93 bits per heavy atom. The number of sulfonamides is 2. The van der Waals surface area contributed by atoms with Gasteiger partial charge in [0.1, 0.15) is 0 Å². The second-order valence-corrected chi connectivity index (χ2v) is 11.9. The molecule has 0 aliphatic rings. The fraction of sp³-hybridized carbons (Fsp3) is 0.400. The third kappa shape index (κ3) is 5.20. The molecule has 0 spiro atoms. The van der Waals surface area contributed by atoms with Gasteiger partial charge in [-0.2, -0.15) is 0 Å². The first kappa shape index (κ1) is 22.5. The van der Waals surface area contributed by atoms with Gasteiger partial charge in [-0.3, -0.25) is 0 Å². The zero-order valence-electron chi connectivity index (χ0n) is 16.9. The van der Waals surface area contributed by atoms with E-state index in [0.29, 0.717) is 12.0 Å². The van der Waals surface area contributed by atoms with Gasteiger partial charge < -0.3 is 0 Å². The molecule has 4 N–H and O–H groups in total. The highest BCUT2D eigenvalue weighted by Crippen LogP contribution is 2.33. The van der Waals surface area contributed by atoms with E-state index >= 15 is 0 Å². The van der Waals surface area contributed by atoms with Gasteiger partial charge in [-0.25, -0.2) is 27.1 Å². The summed E-state index contributed by atoms with van der Waals surface area (Å²) in [5.74, 6) is 0. The first-order chi connectivity index (χ1) is 12.5. The lowest BCUT2D eigenvalue weighted by molar-refractivity contribution is 0.516. The number of nitrogens with two attached hydrogens (primary N) is 2. The van der Waals surface area contributed by atoms with Gasteiger partial charge in [-0.15, -0.1) is 0 Å². The number of hydrogen-bond donors (Lipinski definition) is 2. The molecular weight excluding hydrogens is 396 g/mol. The molecule has 28 heavy (non-hydrogen) atoms. The quantitative estimate of drug-likeness (QED) is 0.766. The average molecular weight is 425 g/mol. The molecular formula is C20H28N2O4S2. The Bertz CT molecular complexity index is 1100. The fourth-order valence-corrected chi connectivity index (χ4v) is 4.72. The highest BCUT2D eigenvalue weighted by molar-refractivity contribution is 7.89. The summed E-state index contributed by atoms with van der Waals surface area (Å²) in [6, 6.07) is 11.7. The molecule has 2 aromatic rings. The molecule has 0 aromatic heterocycles. The maximum atomic E-state index is 12.0. The Morgan fingerprint density at radius 2 is 1.43 bits per heavy atom. The van der Waals surface area contributed by atoms with E-state index < -0.39 is 30.9 Å². The average Bonchev–Trinajstić information content (AvgIpc) is 2.52. The Hall–Kier alpha value is -1.74. The van der Waals surface area contributed by atoms with Crippen LogP contribution in [-0.4, -0.2) is 16.8 Å². The first-order valence-corrected chi connectivity index (χ1v) is 11.9. The topological polar surface area (TPSA) is 120 Å². The second-order valence-electron chi connectivity index (χ2n) is 8.76. The molecule has 0 aliphatic heterocycles. The number of benzene rings is 2. The fourth-order valence-electron chi connectivity index (χ4n) is 3.23. The van der Waals surface area contributed by atoms with Crippen LogP contribution in [0, 0.1) is 0 Å².